The van der Waals surface area contributed by atoms with E-state index in [9.17, 15) is 18.3 Å². The average molecular weight is 354 g/mol. The van der Waals surface area contributed by atoms with Gasteiger partial charge < -0.3 is 9.84 Å². The predicted molar refractivity (Wildman–Crippen MR) is 93.8 cm³/mol. The zero-order chi connectivity index (χ0) is 18.0. The van der Waals surface area contributed by atoms with Crippen LogP contribution in [0.15, 0.2) is 35.7 Å². The maximum absolute atomic E-state index is 12.2. The predicted octanol–water partition coefficient (Wildman–Crippen LogP) is 3.54. The Bertz CT molecular complexity index is 649. The SMILES string of the molecule is C=CC(=O)OCCCCCCCCS(=O)(=O)c1ccc(O)c(C)c1. The number of carbonyl (C=O) groups excluding carboxylic acids is 1. The molecule has 0 aromatic heterocycles. The molecule has 0 saturated carbocycles. The van der Waals surface area contributed by atoms with Crippen molar-refractivity contribution in [3.63, 3.8) is 0 Å². The molecule has 0 bridgehead atoms. The number of ether oxygens (including phenoxy) is 1. The highest BCUT2D eigenvalue weighted by Gasteiger charge is 2.14. The van der Waals surface area contributed by atoms with E-state index < -0.39 is 15.8 Å². The Morgan fingerprint density at radius 3 is 2.42 bits per heavy atom. The highest BCUT2D eigenvalue weighted by molar-refractivity contribution is 7.91. The second-order valence-corrected chi connectivity index (χ2v) is 7.87. The van der Waals surface area contributed by atoms with Crippen molar-refractivity contribution in [3.8, 4) is 5.75 Å². The molecule has 0 atom stereocenters. The van der Waals surface area contributed by atoms with E-state index in [4.69, 9.17) is 4.74 Å². The summed E-state index contributed by atoms with van der Waals surface area (Å²) in [6, 6.07) is 4.37. The van der Waals surface area contributed by atoms with E-state index >= 15 is 0 Å². The summed E-state index contributed by atoms with van der Waals surface area (Å²) < 4.78 is 29.3. The van der Waals surface area contributed by atoms with Gasteiger partial charge in [0.15, 0.2) is 9.84 Å². The monoisotopic (exact) mass is 354 g/mol. The lowest BCUT2D eigenvalue weighted by Crippen LogP contribution is -2.07. The van der Waals surface area contributed by atoms with E-state index in [1.807, 2.05) is 0 Å². The normalized spacial score (nSPS) is 11.2. The molecule has 0 radical (unpaired) electrons. The Morgan fingerprint density at radius 1 is 1.17 bits per heavy atom. The first-order chi connectivity index (χ1) is 11.4. The fraction of sp³-hybridized carbons (Fsp3) is 0.500. The van der Waals surface area contributed by atoms with E-state index in [0.717, 1.165) is 38.2 Å². The van der Waals surface area contributed by atoms with Crippen molar-refractivity contribution in [1.29, 1.82) is 0 Å². The van der Waals surface area contributed by atoms with Crippen molar-refractivity contribution in [2.45, 2.75) is 50.3 Å². The summed E-state index contributed by atoms with van der Waals surface area (Å²) in [7, 11) is -3.29. The lowest BCUT2D eigenvalue weighted by Gasteiger charge is -2.07. The molecule has 0 heterocycles. The fourth-order valence-corrected chi connectivity index (χ4v) is 3.72. The molecule has 6 heteroatoms. The summed E-state index contributed by atoms with van der Waals surface area (Å²) in [5.41, 5.74) is 0.563. The van der Waals surface area contributed by atoms with Crippen LogP contribution < -0.4 is 0 Å². The Morgan fingerprint density at radius 2 is 1.79 bits per heavy atom. The van der Waals surface area contributed by atoms with Crippen molar-refractivity contribution >= 4 is 15.8 Å². The maximum Gasteiger partial charge on any atom is 0.330 e. The number of rotatable bonds is 11. The summed E-state index contributed by atoms with van der Waals surface area (Å²) >= 11 is 0. The van der Waals surface area contributed by atoms with Crippen LogP contribution in [-0.4, -0.2) is 31.9 Å². The van der Waals surface area contributed by atoms with Gasteiger partial charge in [0.25, 0.3) is 0 Å². The quantitative estimate of drug-likeness (QED) is 0.373. The van der Waals surface area contributed by atoms with Gasteiger partial charge in [-0.05, 0) is 43.5 Å². The molecule has 0 amide bonds. The zero-order valence-electron chi connectivity index (χ0n) is 14.2. The van der Waals surface area contributed by atoms with E-state index in [-0.39, 0.29) is 16.4 Å². The van der Waals surface area contributed by atoms with Gasteiger partial charge in [0.1, 0.15) is 5.75 Å². The summed E-state index contributed by atoms with van der Waals surface area (Å²) in [4.78, 5) is 11.1. The largest absolute Gasteiger partial charge is 0.508 e. The van der Waals surface area contributed by atoms with Crippen LogP contribution in [0.1, 0.15) is 44.1 Å². The Hall–Kier alpha value is -1.82. The molecule has 1 aromatic carbocycles. The van der Waals surface area contributed by atoms with E-state index in [0.29, 0.717) is 18.6 Å². The van der Waals surface area contributed by atoms with Gasteiger partial charge in [-0.3, -0.25) is 0 Å². The zero-order valence-corrected chi connectivity index (χ0v) is 15.0. The number of phenols is 1. The second kappa shape index (κ2) is 10.1. The lowest BCUT2D eigenvalue weighted by atomic mass is 10.1. The van der Waals surface area contributed by atoms with Crippen LogP contribution >= 0.6 is 0 Å². The molecule has 0 unspecified atom stereocenters. The molecule has 0 aliphatic rings. The number of aromatic hydroxyl groups is 1. The fourth-order valence-electron chi connectivity index (χ4n) is 2.27. The second-order valence-electron chi connectivity index (χ2n) is 5.76. The van der Waals surface area contributed by atoms with Gasteiger partial charge in [-0.15, -0.1) is 0 Å². The first-order valence-electron chi connectivity index (χ1n) is 8.18. The number of benzene rings is 1. The van der Waals surface area contributed by atoms with E-state index in [1.54, 1.807) is 6.92 Å². The minimum atomic E-state index is -3.29. The highest BCUT2D eigenvalue weighted by Crippen LogP contribution is 2.21. The Labute approximate surface area is 144 Å². The third-order valence-corrected chi connectivity index (χ3v) is 5.54. The molecule has 1 rings (SSSR count). The molecule has 0 saturated heterocycles. The Kier molecular flexibility index (Phi) is 8.54. The molecule has 1 N–H and O–H groups in total. The third kappa shape index (κ3) is 7.17. The smallest absolute Gasteiger partial charge is 0.330 e. The van der Waals surface area contributed by atoms with Gasteiger partial charge >= 0.3 is 5.97 Å². The van der Waals surface area contributed by atoms with Crippen LogP contribution in [0.5, 0.6) is 5.75 Å². The van der Waals surface area contributed by atoms with Gasteiger partial charge in [-0.25, -0.2) is 13.2 Å². The van der Waals surface area contributed by atoms with Crippen molar-refractivity contribution in [3.05, 3.63) is 36.4 Å². The summed E-state index contributed by atoms with van der Waals surface area (Å²) in [5.74, 6) is -0.175. The van der Waals surface area contributed by atoms with Crippen molar-refractivity contribution in [2.24, 2.45) is 0 Å². The van der Waals surface area contributed by atoms with Gasteiger partial charge in [0.2, 0.25) is 0 Å². The van der Waals surface area contributed by atoms with Gasteiger partial charge in [0, 0.05) is 6.08 Å². The number of hydrogen-bond acceptors (Lipinski definition) is 5. The number of hydrogen-bond donors (Lipinski definition) is 1. The van der Waals surface area contributed by atoms with Crippen molar-refractivity contribution in [1.82, 2.24) is 0 Å². The number of sulfone groups is 1. The topological polar surface area (TPSA) is 80.7 Å². The molecular weight excluding hydrogens is 328 g/mol. The van der Waals surface area contributed by atoms with Crippen LogP contribution in [0.25, 0.3) is 0 Å². The lowest BCUT2D eigenvalue weighted by molar-refractivity contribution is -0.137. The molecule has 0 aliphatic carbocycles. The molecule has 0 fully saturated rings. The summed E-state index contributed by atoms with van der Waals surface area (Å²) in [5, 5.41) is 9.46. The standard InChI is InChI=1S/C18H26O5S/c1-3-18(20)23-12-8-6-4-5-7-9-13-24(21,22)16-10-11-17(19)15(2)14-16/h3,10-11,14,19H,1,4-9,12-13H2,2H3. The summed E-state index contributed by atoms with van der Waals surface area (Å²) in [6.07, 6.45) is 6.33. The maximum atomic E-state index is 12.2. The molecule has 0 spiro atoms. The minimum Gasteiger partial charge on any atom is -0.508 e. The number of esters is 1. The van der Waals surface area contributed by atoms with Gasteiger partial charge in [0.05, 0.1) is 17.3 Å². The number of aryl methyl sites for hydroxylation is 1. The number of carbonyl (C=O) groups is 1. The molecule has 1 aromatic rings. The summed E-state index contributed by atoms with van der Waals surface area (Å²) in [6.45, 7) is 5.41. The first-order valence-corrected chi connectivity index (χ1v) is 9.83. The third-order valence-electron chi connectivity index (χ3n) is 3.75. The van der Waals surface area contributed by atoms with Crippen LogP contribution in [-0.2, 0) is 19.4 Å². The molecule has 134 valence electrons. The van der Waals surface area contributed by atoms with Crippen LogP contribution in [0.4, 0.5) is 0 Å². The molecular formula is C18H26O5S. The van der Waals surface area contributed by atoms with Crippen molar-refractivity contribution in [2.75, 3.05) is 12.4 Å². The average Bonchev–Trinajstić information content (AvgIpc) is 2.55. The van der Waals surface area contributed by atoms with Gasteiger partial charge in [-0.1, -0.05) is 32.3 Å². The minimum absolute atomic E-state index is 0.104. The number of unbranched alkanes of at least 4 members (excludes halogenated alkanes) is 5. The van der Waals surface area contributed by atoms with Crippen LogP contribution in [0, 0.1) is 6.92 Å². The van der Waals surface area contributed by atoms with Crippen LogP contribution in [0.2, 0.25) is 0 Å². The van der Waals surface area contributed by atoms with Crippen molar-refractivity contribution < 1.29 is 23.1 Å². The number of phenolic OH excluding ortho intramolecular Hbond substituents is 1. The molecule has 24 heavy (non-hydrogen) atoms. The van der Waals surface area contributed by atoms with Crippen LogP contribution in [0.3, 0.4) is 0 Å². The first kappa shape index (κ1) is 20.2. The molecule has 5 nitrogen and oxygen atoms in total. The van der Waals surface area contributed by atoms with E-state index in [1.165, 1.54) is 18.2 Å². The highest BCUT2D eigenvalue weighted by atomic mass is 32.2. The Balaban J connectivity index is 2.19. The van der Waals surface area contributed by atoms with Gasteiger partial charge in [-0.2, -0.15) is 0 Å². The van der Waals surface area contributed by atoms with E-state index in [2.05, 4.69) is 6.58 Å². The molecule has 0 aliphatic heterocycles.